The molecule has 2 heteroatoms. The van der Waals surface area contributed by atoms with Crippen LogP contribution in [-0.2, 0) is 4.79 Å². The number of hydrogen-bond donors (Lipinski definition) is 1. The van der Waals surface area contributed by atoms with E-state index < -0.39 is 0 Å². The molecule has 0 aliphatic carbocycles. The number of rotatable bonds is 5. The van der Waals surface area contributed by atoms with Crippen molar-refractivity contribution in [3.05, 3.63) is 36.6 Å². The van der Waals surface area contributed by atoms with E-state index in [9.17, 15) is 4.79 Å². The van der Waals surface area contributed by atoms with Crippen LogP contribution in [0.15, 0.2) is 36.6 Å². The van der Waals surface area contributed by atoms with Gasteiger partial charge in [0.05, 0.1) is 6.54 Å². The van der Waals surface area contributed by atoms with Crippen LogP contribution in [0, 0.1) is 0 Å². The van der Waals surface area contributed by atoms with Crippen LogP contribution < -0.4 is 5.32 Å². The Balaban J connectivity index is 3.89. The Morgan fingerprint density at radius 1 is 1.50 bits per heavy atom. The van der Waals surface area contributed by atoms with E-state index in [4.69, 9.17) is 0 Å². The Kier molecular flexibility index (Phi) is 4.77. The van der Waals surface area contributed by atoms with E-state index in [1.807, 2.05) is 13.8 Å². The summed E-state index contributed by atoms with van der Waals surface area (Å²) in [7, 11) is 0. The highest BCUT2D eigenvalue weighted by atomic mass is 16.1. The minimum absolute atomic E-state index is 0.0374. The second-order valence-electron chi connectivity index (χ2n) is 2.69. The summed E-state index contributed by atoms with van der Waals surface area (Å²) in [5.41, 5.74) is 1.68. The van der Waals surface area contributed by atoms with Crippen molar-refractivity contribution >= 4 is 5.78 Å². The molecule has 0 atom stereocenters. The summed E-state index contributed by atoms with van der Waals surface area (Å²) in [6, 6.07) is 0. The van der Waals surface area contributed by atoms with Gasteiger partial charge in [0.25, 0.3) is 0 Å². The van der Waals surface area contributed by atoms with Crippen molar-refractivity contribution < 1.29 is 4.79 Å². The second kappa shape index (κ2) is 5.35. The first-order valence-corrected chi connectivity index (χ1v) is 3.79. The molecule has 0 saturated carbocycles. The van der Waals surface area contributed by atoms with Crippen molar-refractivity contribution in [2.75, 3.05) is 6.54 Å². The zero-order valence-electron chi connectivity index (χ0n) is 7.68. The molecule has 12 heavy (non-hydrogen) atoms. The first-order chi connectivity index (χ1) is 5.56. The van der Waals surface area contributed by atoms with Crippen molar-refractivity contribution in [1.29, 1.82) is 0 Å². The molecule has 2 nitrogen and oxygen atoms in total. The fourth-order valence-corrected chi connectivity index (χ4v) is 0.602. The summed E-state index contributed by atoms with van der Waals surface area (Å²) in [6.45, 7) is 11.1. The predicted molar refractivity (Wildman–Crippen MR) is 51.8 cm³/mol. The molecule has 0 amide bonds. The fraction of sp³-hybridized carbons (Fsp3) is 0.300. The maximum atomic E-state index is 11.1. The van der Waals surface area contributed by atoms with Gasteiger partial charge in [-0.15, -0.1) is 0 Å². The summed E-state index contributed by atoms with van der Waals surface area (Å²) < 4.78 is 0. The first kappa shape index (κ1) is 10.7. The predicted octanol–water partition coefficient (Wildman–Crippen LogP) is 1.81. The van der Waals surface area contributed by atoms with Crippen LogP contribution in [-0.4, -0.2) is 12.3 Å². The minimum atomic E-state index is 0.0374. The summed E-state index contributed by atoms with van der Waals surface area (Å²) in [6.07, 6.45) is 3.21. The van der Waals surface area contributed by atoms with Crippen LogP contribution in [0.5, 0.6) is 0 Å². The molecule has 1 N–H and O–H groups in total. The fourth-order valence-electron chi connectivity index (χ4n) is 0.602. The molecule has 0 unspecified atom stereocenters. The van der Waals surface area contributed by atoms with Gasteiger partial charge in [0.15, 0.2) is 5.78 Å². The quantitative estimate of drug-likeness (QED) is 0.497. The lowest BCUT2D eigenvalue weighted by atomic mass is 10.2. The summed E-state index contributed by atoms with van der Waals surface area (Å²) >= 11 is 0. The van der Waals surface area contributed by atoms with Crippen molar-refractivity contribution in [3.8, 4) is 0 Å². The van der Waals surface area contributed by atoms with E-state index >= 15 is 0 Å². The highest BCUT2D eigenvalue weighted by molar-refractivity contribution is 5.92. The maximum Gasteiger partial charge on any atom is 0.174 e. The topological polar surface area (TPSA) is 29.1 Å². The molecule has 0 rings (SSSR count). The highest BCUT2D eigenvalue weighted by Gasteiger charge is 1.95. The van der Waals surface area contributed by atoms with Crippen LogP contribution >= 0.6 is 0 Å². The van der Waals surface area contributed by atoms with Gasteiger partial charge in [-0.2, -0.15) is 0 Å². The van der Waals surface area contributed by atoms with E-state index in [0.29, 0.717) is 6.54 Å². The van der Waals surface area contributed by atoms with Gasteiger partial charge in [0.1, 0.15) is 0 Å². The summed E-state index contributed by atoms with van der Waals surface area (Å²) in [5.74, 6) is 0.0374. The van der Waals surface area contributed by atoms with Crippen molar-refractivity contribution in [1.82, 2.24) is 5.32 Å². The standard InChI is InChI=1S/C10H15NO/c1-5-9(4)6-10(12)7-11-8(2)3/h5-6,11H,1-2,7H2,3-4H3/b9-6+. The largest absolute Gasteiger partial charge is 0.382 e. The molecular formula is C10H15NO. The molecule has 0 bridgehead atoms. The van der Waals surface area contributed by atoms with Crippen LogP contribution in [0.2, 0.25) is 0 Å². The van der Waals surface area contributed by atoms with E-state index in [-0.39, 0.29) is 5.78 Å². The average molecular weight is 165 g/mol. The molecular weight excluding hydrogens is 150 g/mol. The third-order valence-corrected chi connectivity index (χ3v) is 1.28. The number of carbonyl (C=O) groups is 1. The minimum Gasteiger partial charge on any atom is -0.382 e. The monoisotopic (exact) mass is 165 g/mol. The van der Waals surface area contributed by atoms with Crippen molar-refractivity contribution in [2.24, 2.45) is 0 Å². The zero-order chi connectivity index (χ0) is 9.56. The molecule has 0 saturated heterocycles. The molecule has 0 aliphatic rings. The normalized spacial score (nSPS) is 10.7. The first-order valence-electron chi connectivity index (χ1n) is 3.79. The number of ketones is 1. The third kappa shape index (κ3) is 5.47. The lowest BCUT2D eigenvalue weighted by molar-refractivity contribution is -0.113. The molecule has 0 fully saturated rings. The molecule has 66 valence electrons. The Bertz CT molecular complexity index is 226. The maximum absolute atomic E-state index is 11.1. The molecule has 0 aromatic heterocycles. The molecule has 0 aromatic carbocycles. The molecule has 0 aromatic rings. The Morgan fingerprint density at radius 3 is 2.50 bits per heavy atom. The van der Waals surface area contributed by atoms with Gasteiger partial charge in [-0.3, -0.25) is 4.79 Å². The Hall–Kier alpha value is -1.31. The Morgan fingerprint density at radius 2 is 2.08 bits per heavy atom. The third-order valence-electron chi connectivity index (χ3n) is 1.28. The Labute approximate surface area is 73.7 Å². The van der Waals surface area contributed by atoms with Crippen LogP contribution in [0.4, 0.5) is 0 Å². The van der Waals surface area contributed by atoms with Crippen LogP contribution in [0.25, 0.3) is 0 Å². The molecule has 0 heterocycles. The van der Waals surface area contributed by atoms with Gasteiger partial charge in [0.2, 0.25) is 0 Å². The van der Waals surface area contributed by atoms with Gasteiger partial charge >= 0.3 is 0 Å². The van der Waals surface area contributed by atoms with Crippen LogP contribution in [0.3, 0.4) is 0 Å². The van der Waals surface area contributed by atoms with E-state index in [0.717, 1.165) is 11.3 Å². The van der Waals surface area contributed by atoms with E-state index in [1.165, 1.54) is 0 Å². The summed E-state index contributed by atoms with van der Waals surface area (Å²) in [4.78, 5) is 11.1. The molecule has 0 radical (unpaired) electrons. The van der Waals surface area contributed by atoms with Gasteiger partial charge in [0, 0.05) is 5.70 Å². The number of carbonyl (C=O) groups excluding carboxylic acids is 1. The smallest absolute Gasteiger partial charge is 0.174 e. The lowest BCUT2D eigenvalue weighted by Crippen LogP contribution is -2.19. The zero-order valence-corrected chi connectivity index (χ0v) is 7.68. The average Bonchev–Trinajstić information content (AvgIpc) is 2.00. The van der Waals surface area contributed by atoms with Gasteiger partial charge in [-0.05, 0) is 25.5 Å². The van der Waals surface area contributed by atoms with Crippen molar-refractivity contribution in [2.45, 2.75) is 13.8 Å². The number of allylic oxidation sites excluding steroid dienone is 3. The molecule has 0 aliphatic heterocycles. The highest BCUT2D eigenvalue weighted by Crippen LogP contribution is 1.92. The van der Waals surface area contributed by atoms with E-state index in [1.54, 1.807) is 12.2 Å². The van der Waals surface area contributed by atoms with Crippen molar-refractivity contribution in [3.63, 3.8) is 0 Å². The summed E-state index contributed by atoms with van der Waals surface area (Å²) in [5, 5.41) is 2.85. The van der Waals surface area contributed by atoms with Gasteiger partial charge < -0.3 is 5.32 Å². The SMILES string of the molecule is C=C/C(C)=C/C(=O)CNC(=C)C. The lowest BCUT2D eigenvalue weighted by Gasteiger charge is -2.00. The van der Waals surface area contributed by atoms with Gasteiger partial charge in [-0.1, -0.05) is 19.2 Å². The number of hydrogen-bond acceptors (Lipinski definition) is 2. The van der Waals surface area contributed by atoms with Gasteiger partial charge in [-0.25, -0.2) is 0 Å². The second-order valence-corrected chi connectivity index (χ2v) is 2.69. The molecule has 0 spiro atoms. The van der Waals surface area contributed by atoms with E-state index in [2.05, 4.69) is 18.5 Å². The van der Waals surface area contributed by atoms with Crippen LogP contribution in [0.1, 0.15) is 13.8 Å². The number of nitrogens with one attached hydrogen (secondary N) is 1.